The molecule has 3 atom stereocenters. The Kier molecular flexibility index (Phi) is 7.33. The van der Waals surface area contributed by atoms with Crippen LogP contribution < -0.4 is 4.72 Å². The molecule has 3 rings (SSSR count). The van der Waals surface area contributed by atoms with Crippen LogP contribution in [0.1, 0.15) is 58.4 Å². The van der Waals surface area contributed by atoms with Crippen molar-refractivity contribution in [2.24, 2.45) is 0 Å². The van der Waals surface area contributed by atoms with Crippen molar-refractivity contribution < 1.29 is 17.9 Å². The van der Waals surface area contributed by atoms with E-state index in [2.05, 4.69) is 21.8 Å². The quantitative estimate of drug-likeness (QED) is 0.689. The van der Waals surface area contributed by atoms with Crippen molar-refractivity contribution in [3.63, 3.8) is 0 Å². The van der Waals surface area contributed by atoms with Crippen LogP contribution in [0, 0.1) is 0 Å². The van der Waals surface area contributed by atoms with Gasteiger partial charge in [0, 0.05) is 43.7 Å². The number of ether oxygens (including phenoxy) is 1. The van der Waals surface area contributed by atoms with Crippen LogP contribution in [0.3, 0.4) is 0 Å². The lowest BCUT2D eigenvalue weighted by molar-refractivity contribution is 0.00346. The highest BCUT2D eigenvalue weighted by Gasteiger charge is 2.49. The molecule has 2 aliphatic rings. The fraction of sp³-hybridized carbons (Fsp3) is 0.696. The number of hydrogen-bond acceptors (Lipinski definition) is 5. The van der Waals surface area contributed by atoms with Gasteiger partial charge in [-0.2, -0.15) is 0 Å². The molecule has 8 heteroatoms. The van der Waals surface area contributed by atoms with Crippen molar-refractivity contribution in [3.05, 3.63) is 35.9 Å². The van der Waals surface area contributed by atoms with E-state index in [4.69, 9.17) is 4.74 Å². The number of hydrogen-bond donors (Lipinski definition) is 1. The number of nitrogens with zero attached hydrogens (tertiary/aromatic N) is 2. The van der Waals surface area contributed by atoms with Crippen molar-refractivity contribution >= 4 is 16.1 Å². The Hall–Kier alpha value is -1.64. The van der Waals surface area contributed by atoms with Crippen LogP contribution in [0.4, 0.5) is 4.79 Å². The van der Waals surface area contributed by atoms with Crippen molar-refractivity contribution in [2.45, 2.75) is 76.6 Å². The first-order valence-corrected chi connectivity index (χ1v) is 13.1. The number of nitrogens with one attached hydrogen (secondary N) is 1. The zero-order chi connectivity index (χ0) is 22.8. The number of amides is 1. The topological polar surface area (TPSA) is 79.0 Å². The third-order valence-corrected chi connectivity index (χ3v) is 6.79. The molecule has 1 saturated heterocycles. The SMILES string of the molecule is CC(CNS(C)(=O)=O)N1CCC(N(C(=O)OC(C)(C)C)[C@@H]2C[C@H]2c2ccccc2)CC1. The second-order valence-corrected chi connectivity index (χ2v) is 11.8. The van der Waals surface area contributed by atoms with Crippen LogP contribution in [0.25, 0.3) is 0 Å². The van der Waals surface area contributed by atoms with E-state index in [9.17, 15) is 13.2 Å². The van der Waals surface area contributed by atoms with Gasteiger partial charge < -0.3 is 9.64 Å². The molecule has 1 heterocycles. The predicted molar refractivity (Wildman–Crippen MR) is 123 cm³/mol. The smallest absolute Gasteiger partial charge is 0.410 e. The van der Waals surface area contributed by atoms with Gasteiger partial charge in [0.05, 0.1) is 6.26 Å². The monoisotopic (exact) mass is 451 g/mol. The number of carbonyl (C=O) groups is 1. The van der Waals surface area contributed by atoms with Gasteiger partial charge in [0.1, 0.15) is 5.60 Å². The Morgan fingerprint density at radius 2 is 1.84 bits per heavy atom. The second-order valence-electron chi connectivity index (χ2n) is 9.94. The number of carbonyl (C=O) groups excluding carboxylic acids is 1. The molecule has 1 aliphatic carbocycles. The Morgan fingerprint density at radius 1 is 1.23 bits per heavy atom. The maximum atomic E-state index is 13.2. The molecular formula is C23H37N3O4S. The summed E-state index contributed by atoms with van der Waals surface area (Å²) in [7, 11) is -3.19. The van der Waals surface area contributed by atoms with Gasteiger partial charge >= 0.3 is 6.09 Å². The lowest BCUT2D eigenvalue weighted by atomic mass is 10.0. The van der Waals surface area contributed by atoms with Crippen molar-refractivity contribution in [3.8, 4) is 0 Å². The van der Waals surface area contributed by atoms with Gasteiger partial charge in [-0.25, -0.2) is 17.9 Å². The summed E-state index contributed by atoms with van der Waals surface area (Å²) >= 11 is 0. The highest BCUT2D eigenvalue weighted by atomic mass is 32.2. The molecule has 1 aromatic carbocycles. The van der Waals surface area contributed by atoms with Gasteiger partial charge in [0.15, 0.2) is 0 Å². The van der Waals surface area contributed by atoms with Gasteiger partial charge in [-0.15, -0.1) is 0 Å². The largest absolute Gasteiger partial charge is 0.444 e. The summed E-state index contributed by atoms with van der Waals surface area (Å²) in [5, 5.41) is 0. The molecule has 174 valence electrons. The van der Waals surface area contributed by atoms with Gasteiger partial charge in [0.2, 0.25) is 10.0 Å². The molecule has 1 unspecified atom stereocenters. The molecule has 1 aromatic rings. The molecule has 1 aliphatic heterocycles. The number of rotatable bonds is 7. The number of benzene rings is 1. The first-order valence-electron chi connectivity index (χ1n) is 11.2. The molecule has 1 amide bonds. The van der Waals surface area contributed by atoms with E-state index in [1.165, 1.54) is 11.8 Å². The van der Waals surface area contributed by atoms with Gasteiger partial charge in [-0.05, 0) is 52.5 Å². The number of likely N-dealkylation sites (tertiary alicyclic amines) is 1. The molecule has 1 N–H and O–H groups in total. The van der Waals surface area contributed by atoms with Crippen LogP contribution in [0.5, 0.6) is 0 Å². The zero-order valence-electron chi connectivity index (χ0n) is 19.4. The Labute approximate surface area is 187 Å². The molecule has 31 heavy (non-hydrogen) atoms. The molecule has 0 bridgehead atoms. The van der Waals surface area contributed by atoms with Gasteiger partial charge in [-0.1, -0.05) is 30.3 Å². The van der Waals surface area contributed by atoms with Crippen LogP contribution >= 0.6 is 0 Å². The molecule has 0 spiro atoms. The van der Waals surface area contributed by atoms with Crippen LogP contribution in [0.15, 0.2) is 30.3 Å². The lowest BCUT2D eigenvalue weighted by Gasteiger charge is -2.41. The summed E-state index contributed by atoms with van der Waals surface area (Å²) in [4.78, 5) is 17.5. The Balaban J connectivity index is 1.65. The molecular weight excluding hydrogens is 414 g/mol. The fourth-order valence-electron chi connectivity index (χ4n) is 4.42. The third-order valence-electron chi connectivity index (χ3n) is 6.10. The van der Waals surface area contributed by atoms with Crippen LogP contribution in [0.2, 0.25) is 0 Å². The maximum Gasteiger partial charge on any atom is 0.410 e. The van der Waals surface area contributed by atoms with E-state index in [1.54, 1.807) is 0 Å². The normalized spacial score (nSPS) is 23.9. The number of piperidine rings is 1. The summed E-state index contributed by atoms with van der Waals surface area (Å²) in [6.45, 7) is 9.82. The first-order chi connectivity index (χ1) is 14.4. The summed E-state index contributed by atoms with van der Waals surface area (Å²) in [5.41, 5.74) is 0.748. The minimum absolute atomic E-state index is 0.114. The third kappa shape index (κ3) is 6.92. The molecule has 1 saturated carbocycles. The van der Waals surface area contributed by atoms with Gasteiger partial charge in [-0.3, -0.25) is 4.90 Å². The van der Waals surface area contributed by atoms with Gasteiger partial charge in [0.25, 0.3) is 0 Å². The maximum absolute atomic E-state index is 13.2. The molecule has 0 aromatic heterocycles. The summed E-state index contributed by atoms with van der Waals surface area (Å²) in [5.74, 6) is 0.365. The number of sulfonamides is 1. The minimum Gasteiger partial charge on any atom is -0.444 e. The summed E-state index contributed by atoms with van der Waals surface area (Å²) in [6.07, 6.45) is 3.66. The zero-order valence-corrected chi connectivity index (χ0v) is 20.2. The van der Waals surface area contributed by atoms with E-state index in [0.29, 0.717) is 12.5 Å². The van der Waals surface area contributed by atoms with E-state index in [-0.39, 0.29) is 24.2 Å². The summed E-state index contributed by atoms with van der Waals surface area (Å²) in [6, 6.07) is 10.8. The highest BCUT2D eigenvalue weighted by molar-refractivity contribution is 7.88. The minimum atomic E-state index is -3.19. The molecule has 0 radical (unpaired) electrons. The van der Waals surface area contributed by atoms with E-state index in [1.807, 2.05) is 50.8 Å². The fourth-order valence-corrected chi connectivity index (χ4v) is 4.97. The standard InChI is InChI=1S/C23H37N3O4S/c1-17(16-24-31(5,28)29)25-13-11-19(12-14-25)26(22(27)30-23(2,3)4)21-15-20(21)18-9-7-6-8-10-18/h6-10,17,19-21,24H,11-16H2,1-5H3/t17?,20-,21+/m0/s1. The first kappa shape index (κ1) is 24.0. The highest BCUT2D eigenvalue weighted by Crippen LogP contribution is 2.46. The molecule has 2 fully saturated rings. The Morgan fingerprint density at radius 3 is 2.39 bits per heavy atom. The van der Waals surface area contributed by atoms with Crippen molar-refractivity contribution in [1.82, 2.24) is 14.5 Å². The summed E-state index contributed by atoms with van der Waals surface area (Å²) < 4.78 is 31.2. The predicted octanol–water partition coefficient (Wildman–Crippen LogP) is 3.18. The lowest BCUT2D eigenvalue weighted by Crippen LogP contribution is -2.52. The van der Waals surface area contributed by atoms with E-state index in [0.717, 1.165) is 32.4 Å². The van der Waals surface area contributed by atoms with Crippen LogP contribution in [-0.2, 0) is 14.8 Å². The van der Waals surface area contributed by atoms with E-state index >= 15 is 0 Å². The second kappa shape index (κ2) is 9.46. The Bertz CT molecular complexity index is 845. The molecule has 7 nitrogen and oxygen atoms in total. The average molecular weight is 452 g/mol. The van der Waals surface area contributed by atoms with Crippen LogP contribution in [-0.4, -0.2) is 73.9 Å². The van der Waals surface area contributed by atoms with Crippen molar-refractivity contribution in [2.75, 3.05) is 25.9 Å². The van der Waals surface area contributed by atoms with Crippen molar-refractivity contribution in [1.29, 1.82) is 0 Å². The average Bonchev–Trinajstić information content (AvgIpc) is 3.46. The van der Waals surface area contributed by atoms with E-state index < -0.39 is 15.6 Å².